The average Bonchev–Trinajstić information content (AvgIpc) is 3.19. The zero-order chi connectivity index (χ0) is 17.1. The monoisotopic (exact) mass is 338 g/mol. The minimum atomic E-state index is -0.0567. The van der Waals surface area contributed by atoms with Gasteiger partial charge < -0.3 is 18.8 Å². The summed E-state index contributed by atoms with van der Waals surface area (Å²) in [7, 11) is 1.64. The van der Waals surface area contributed by atoms with Crippen LogP contribution in [0.2, 0.25) is 0 Å². The molecule has 0 N–H and O–H groups in total. The van der Waals surface area contributed by atoms with E-state index >= 15 is 0 Å². The molecule has 1 saturated heterocycles. The summed E-state index contributed by atoms with van der Waals surface area (Å²) in [5, 5.41) is 8.36. The maximum Gasteiger partial charge on any atom is 0.318 e. The summed E-state index contributed by atoms with van der Waals surface area (Å²) in [5.74, 6) is 1.28. The summed E-state index contributed by atoms with van der Waals surface area (Å²) in [6.45, 7) is 1.96. The summed E-state index contributed by atoms with van der Waals surface area (Å²) in [4.78, 5) is 6.20. The molecule has 1 aliphatic rings. The zero-order valence-corrected chi connectivity index (χ0v) is 13.8. The van der Waals surface area contributed by atoms with Gasteiger partial charge in [0.25, 0.3) is 0 Å². The molecule has 7 heteroatoms. The lowest BCUT2D eigenvalue weighted by Gasteiger charge is -2.31. The van der Waals surface area contributed by atoms with Crippen LogP contribution in [0, 0.1) is 0 Å². The first-order chi connectivity index (χ1) is 12.3. The fourth-order valence-electron chi connectivity index (χ4n) is 2.78. The molecule has 25 heavy (non-hydrogen) atoms. The van der Waals surface area contributed by atoms with E-state index in [4.69, 9.17) is 13.9 Å². The normalized spacial score (nSPS) is 17.5. The number of hydrogen-bond donors (Lipinski definition) is 0. The van der Waals surface area contributed by atoms with E-state index in [1.807, 2.05) is 47.5 Å². The Kier molecular flexibility index (Phi) is 4.30. The number of pyridine rings is 1. The summed E-state index contributed by atoms with van der Waals surface area (Å²) >= 11 is 0. The zero-order valence-electron chi connectivity index (χ0n) is 13.8. The molecule has 1 aliphatic heterocycles. The smallest absolute Gasteiger partial charge is 0.318 e. The highest BCUT2D eigenvalue weighted by Gasteiger charge is 2.25. The predicted molar refractivity (Wildman–Crippen MR) is 91.4 cm³/mol. The fraction of sp³-hybridized carbons (Fsp3) is 0.278. The highest BCUT2D eigenvalue weighted by molar-refractivity contribution is 5.55. The molecule has 4 rings (SSSR count). The first-order valence-corrected chi connectivity index (χ1v) is 8.08. The van der Waals surface area contributed by atoms with E-state index < -0.39 is 0 Å². The molecule has 1 fully saturated rings. The van der Waals surface area contributed by atoms with Crippen LogP contribution in [0.5, 0.6) is 5.75 Å². The summed E-state index contributed by atoms with van der Waals surface area (Å²) in [5.41, 5.74) is 1.90. The molecule has 0 amide bonds. The lowest BCUT2D eigenvalue weighted by molar-refractivity contribution is 0.0378. The van der Waals surface area contributed by atoms with Crippen LogP contribution in [0.3, 0.4) is 0 Å². The third-order valence-corrected chi connectivity index (χ3v) is 4.14. The van der Waals surface area contributed by atoms with Crippen molar-refractivity contribution in [2.24, 2.45) is 0 Å². The van der Waals surface area contributed by atoms with Crippen molar-refractivity contribution in [3.63, 3.8) is 0 Å². The molecule has 0 aliphatic carbocycles. The molecule has 3 heterocycles. The van der Waals surface area contributed by atoms with Gasteiger partial charge in [-0.2, -0.15) is 0 Å². The third-order valence-electron chi connectivity index (χ3n) is 4.14. The Bertz CT molecular complexity index is 820. The Balaban J connectivity index is 1.51. The number of hydrogen-bond acceptors (Lipinski definition) is 7. The minimum absolute atomic E-state index is 0.0567. The Labute approximate surface area is 145 Å². The molecular weight excluding hydrogens is 320 g/mol. The maximum absolute atomic E-state index is 5.86. The van der Waals surface area contributed by atoms with Crippen molar-refractivity contribution in [3.05, 3.63) is 54.4 Å². The molecule has 1 unspecified atom stereocenters. The number of morpholine rings is 1. The van der Waals surface area contributed by atoms with E-state index in [0.29, 0.717) is 31.6 Å². The van der Waals surface area contributed by atoms with Crippen molar-refractivity contribution < 1.29 is 13.9 Å². The van der Waals surface area contributed by atoms with Crippen LogP contribution in [-0.4, -0.2) is 42.0 Å². The molecular formula is C18H18N4O3. The van der Waals surface area contributed by atoms with Gasteiger partial charge in [-0.3, -0.25) is 4.98 Å². The molecule has 1 aromatic carbocycles. The second-order valence-corrected chi connectivity index (χ2v) is 5.71. The van der Waals surface area contributed by atoms with Gasteiger partial charge in [0.15, 0.2) is 0 Å². The lowest BCUT2D eigenvalue weighted by atomic mass is 10.1. The van der Waals surface area contributed by atoms with Gasteiger partial charge in [0.05, 0.1) is 20.3 Å². The topological polar surface area (TPSA) is 73.5 Å². The van der Waals surface area contributed by atoms with Gasteiger partial charge >= 0.3 is 6.01 Å². The molecule has 2 aromatic heterocycles. The van der Waals surface area contributed by atoms with E-state index in [2.05, 4.69) is 15.2 Å². The number of rotatable bonds is 4. The number of anilines is 1. The van der Waals surface area contributed by atoms with E-state index in [9.17, 15) is 0 Å². The highest BCUT2D eigenvalue weighted by atomic mass is 16.5. The van der Waals surface area contributed by atoms with Gasteiger partial charge in [0.2, 0.25) is 5.89 Å². The predicted octanol–water partition coefficient (Wildman–Crippen LogP) is 2.72. The van der Waals surface area contributed by atoms with Gasteiger partial charge in [0.1, 0.15) is 11.9 Å². The molecule has 0 bridgehead atoms. The second kappa shape index (κ2) is 6.90. The largest absolute Gasteiger partial charge is 0.497 e. The Morgan fingerprint density at radius 3 is 2.80 bits per heavy atom. The number of methoxy groups -OCH3 is 1. The molecule has 0 saturated carbocycles. The van der Waals surface area contributed by atoms with Crippen molar-refractivity contribution in [3.8, 4) is 17.2 Å². The number of aromatic nitrogens is 3. The van der Waals surface area contributed by atoms with Crippen molar-refractivity contribution in [2.75, 3.05) is 31.7 Å². The van der Waals surface area contributed by atoms with Crippen molar-refractivity contribution in [1.82, 2.24) is 15.2 Å². The van der Waals surface area contributed by atoms with Crippen molar-refractivity contribution in [1.29, 1.82) is 0 Å². The van der Waals surface area contributed by atoms with Gasteiger partial charge in [-0.05, 0) is 30.3 Å². The summed E-state index contributed by atoms with van der Waals surface area (Å²) in [6.07, 6.45) is 3.52. The number of nitrogens with zero attached hydrogens (tertiary/aromatic N) is 4. The SMILES string of the molecule is COc1ccc(-c2nnc(N3CCOC(c4cccnc4)C3)o2)cc1. The van der Waals surface area contributed by atoms with Crippen LogP contribution >= 0.6 is 0 Å². The Hall–Kier alpha value is -2.93. The van der Waals surface area contributed by atoms with E-state index in [1.54, 1.807) is 13.3 Å². The quantitative estimate of drug-likeness (QED) is 0.724. The van der Waals surface area contributed by atoms with Gasteiger partial charge in [-0.15, -0.1) is 5.10 Å². The van der Waals surface area contributed by atoms with Gasteiger partial charge in [-0.25, -0.2) is 0 Å². The van der Waals surface area contributed by atoms with Crippen LogP contribution in [0.4, 0.5) is 6.01 Å². The molecule has 0 spiro atoms. The van der Waals surface area contributed by atoms with Crippen LogP contribution in [0.25, 0.3) is 11.5 Å². The number of benzene rings is 1. The molecule has 0 radical (unpaired) electrons. The van der Waals surface area contributed by atoms with Crippen LogP contribution < -0.4 is 9.64 Å². The van der Waals surface area contributed by atoms with Crippen LogP contribution in [0.15, 0.2) is 53.2 Å². The van der Waals surface area contributed by atoms with Crippen molar-refractivity contribution in [2.45, 2.75) is 6.10 Å². The van der Waals surface area contributed by atoms with E-state index in [1.165, 1.54) is 0 Å². The molecule has 128 valence electrons. The van der Waals surface area contributed by atoms with E-state index in [0.717, 1.165) is 16.9 Å². The van der Waals surface area contributed by atoms with E-state index in [-0.39, 0.29) is 6.10 Å². The fourth-order valence-corrected chi connectivity index (χ4v) is 2.78. The second-order valence-electron chi connectivity index (χ2n) is 5.71. The van der Waals surface area contributed by atoms with Gasteiger partial charge in [0, 0.05) is 30.1 Å². The molecule has 7 nitrogen and oxygen atoms in total. The first kappa shape index (κ1) is 15.6. The molecule has 1 atom stereocenters. The van der Waals surface area contributed by atoms with Gasteiger partial charge in [-0.1, -0.05) is 11.2 Å². The lowest BCUT2D eigenvalue weighted by Crippen LogP contribution is -2.38. The van der Waals surface area contributed by atoms with Crippen LogP contribution in [0.1, 0.15) is 11.7 Å². The molecule has 3 aromatic rings. The first-order valence-electron chi connectivity index (χ1n) is 8.08. The van der Waals surface area contributed by atoms with Crippen molar-refractivity contribution >= 4 is 6.01 Å². The Morgan fingerprint density at radius 1 is 1.16 bits per heavy atom. The summed E-state index contributed by atoms with van der Waals surface area (Å²) < 4.78 is 16.9. The third kappa shape index (κ3) is 3.32. The minimum Gasteiger partial charge on any atom is -0.497 e. The summed E-state index contributed by atoms with van der Waals surface area (Å²) in [6, 6.07) is 12.0. The standard InChI is InChI=1S/C18H18N4O3/c1-23-15-6-4-13(5-7-15)17-20-21-18(25-17)22-9-10-24-16(12-22)14-3-2-8-19-11-14/h2-8,11,16H,9-10,12H2,1H3. The average molecular weight is 338 g/mol. The number of ether oxygens (including phenoxy) is 2. The highest BCUT2D eigenvalue weighted by Crippen LogP contribution is 2.28. The van der Waals surface area contributed by atoms with Crippen LogP contribution in [-0.2, 0) is 4.74 Å². The Morgan fingerprint density at radius 2 is 2.04 bits per heavy atom. The maximum atomic E-state index is 5.86.